The van der Waals surface area contributed by atoms with Gasteiger partial charge in [-0.1, -0.05) is 30.3 Å². The summed E-state index contributed by atoms with van der Waals surface area (Å²) in [6.07, 6.45) is -0.0231. The lowest BCUT2D eigenvalue weighted by Gasteiger charge is -2.19. The topological polar surface area (TPSA) is 69.6 Å². The average molecular weight is 317 g/mol. The van der Waals surface area contributed by atoms with Crippen LogP contribution in [0, 0.1) is 5.82 Å². The fourth-order valence-corrected chi connectivity index (χ4v) is 2.47. The molecule has 0 fully saturated rings. The number of amides is 1. The van der Waals surface area contributed by atoms with Crippen molar-refractivity contribution in [1.82, 2.24) is 5.32 Å². The number of hydrogen-bond donors (Lipinski definition) is 3. The van der Waals surface area contributed by atoms with Crippen molar-refractivity contribution in [3.8, 4) is 5.75 Å². The lowest BCUT2D eigenvalue weighted by Crippen LogP contribution is -2.30. The Morgan fingerprint density at radius 2 is 1.91 bits per heavy atom. The van der Waals surface area contributed by atoms with E-state index in [0.717, 1.165) is 11.6 Å². The van der Waals surface area contributed by atoms with Gasteiger partial charge in [0.15, 0.2) is 0 Å². The molecule has 0 saturated carbocycles. The van der Waals surface area contributed by atoms with Gasteiger partial charge in [0.2, 0.25) is 0 Å². The Balaban J connectivity index is 2.07. The summed E-state index contributed by atoms with van der Waals surface area (Å²) in [7, 11) is 0. The van der Waals surface area contributed by atoms with E-state index in [4.69, 9.17) is 0 Å². The third-order valence-electron chi connectivity index (χ3n) is 3.60. The first-order chi connectivity index (χ1) is 11.0. The van der Waals surface area contributed by atoms with Crippen molar-refractivity contribution in [3.05, 3.63) is 65.5 Å². The minimum absolute atomic E-state index is 0.0691. The molecular weight excluding hydrogens is 297 g/mol. The average Bonchev–Trinajstić information content (AvgIpc) is 2.51. The van der Waals surface area contributed by atoms with Crippen molar-refractivity contribution in [3.63, 3.8) is 0 Å². The highest BCUT2D eigenvalue weighted by molar-refractivity contribution is 5.94. The van der Waals surface area contributed by atoms with Crippen LogP contribution in [0.3, 0.4) is 0 Å². The fourth-order valence-electron chi connectivity index (χ4n) is 2.47. The minimum Gasteiger partial charge on any atom is -0.508 e. The van der Waals surface area contributed by atoms with Crippen molar-refractivity contribution in [2.45, 2.75) is 25.4 Å². The van der Waals surface area contributed by atoms with Crippen LogP contribution < -0.4 is 5.32 Å². The van der Waals surface area contributed by atoms with Gasteiger partial charge in [-0.15, -0.1) is 0 Å². The number of hydrogen-bond acceptors (Lipinski definition) is 3. The van der Waals surface area contributed by atoms with Gasteiger partial charge in [-0.3, -0.25) is 4.79 Å². The second kappa shape index (κ2) is 7.74. The van der Waals surface area contributed by atoms with E-state index >= 15 is 0 Å². The molecule has 5 heteroatoms. The summed E-state index contributed by atoms with van der Waals surface area (Å²) >= 11 is 0. The number of phenols is 1. The predicted octanol–water partition coefficient (Wildman–Crippen LogP) is 2.82. The number of carbonyl (C=O) groups is 1. The zero-order valence-corrected chi connectivity index (χ0v) is 12.9. The van der Waals surface area contributed by atoms with Gasteiger partial charge in [0.25, 0.3) is 5.91 Å². The Morgan fingerprint density at radius 3 is 2.52 bits per heavy atom. The van der Waals surface area contributed by atoms with Crippen molar-refractivity contribution in [2.75, 3.05) is 6.54 Å². The van der Waals surface area contributed by atoms with Gasteiger partial charge in [-0.25, -0.2) is 4.39 Å². The fraction of sp³-hybridized carbons (Fsp3) is 0.278. The molecule has 23 heavy (non-hydrogen) atoms. The van der Waals surface area contributed by atoms with Gasteiger partial charge in [0, 0.05) is 18.5 Å². The Bertz CT molecular complexity index is 659. The SMILES string of the molecule is C[C@H](O)C[C@@H](CNC(=O)c1ccc(O)cc1F)c1ccccc1. The lowest BCUT2D eigenvalue weighted by atomic mass is 9.93. The van der Waals surface area contributed by atoms with Crippen LogP contribution in [0.4, 0.5) is 4.39 Å². The maximum absolute atomic E-state index is 13.7. The van der Waals surface area contributed by atoms with Crippen molar-refractivity contribution >= 4 is 5.91 Å². The summed E-state index contributed by atoms with van der Waals surface area (Å²) in [6.45, 7) is 1.98. The molecule has 0 aliphatic heterocycles. The Morgan fingerprint density at radius 1 is 1.22 bits per heavy atom. The molecule has 3 N–H and O–H groups in total. The molecule has 0 radical (unpaired) electrons. The molecule has 0 spiro atoms. The van der Waals surface area contributed by atoms with Gasteiger partial charge in [-0.05, 0) is 31.0 Å². The molecule has 2 aromatic carbocycles. The van der Waals surface area contributed by atoms with Crippen LogP contribution in [0.5, 0.6) is 5.75 Å². The molecule has 0 aromatic heterocycles. The van der Waals surface area contributed by atoms with Gasteiger partial charge in [-0.2, -0.15) is 0 Å². The molecule has 0 heterocycles. The van der Waals surface area contributed by atoms with E-state index in [2.05, 4.69) is 5.32 Å². The number of aromatic hydroxyl groups is 1. The molecule has 0 unspecified atom stereocenters. The number of aliphatic hydroxyl groups excluding tert-OH is 1. The van der Waals surface area contributed by atoms with Crippen molar-refractivity contribution < 1.29 is 19.4 Å². The van der Waals surface area contributed by atoms with E-state index in [1.54, 1.807) is 6.92 Å². The predicted molar refractivity (Wildman–Crippen MR) is 85.9 cm³/mol. The monoisotopic (exact) mass is 317 g/mol. The smallest absolute Gasteiger partial charge is 0.254 e. The third kappa shape index (κ3) is 4.79. The van der Waals surface area contributed by atoms with Crippen LogP contribution in [0.2, 0.25) is 0 Å². The van der Waals surface area contributed by atoms with Crippen molar-refractivity contribution in [1.29, 1.82) is 0 Å². The van der Waals surface area contributed by atoms with Crippen LogP contribution in [0.1, 0.15) is 35.2 Å². The van der Waals surface area contributed by atoms with Gasteiger partial charge < -0.3 is 15.5 Å². The molecule has 2 aromatic rings. The summed E-state index contributed by atoms with van der Waals surface area (Å²) in [4.78, 5) is 12.1. The standard InChI is InChI=1S/C18H20FNO3/c1-12(21)9-14(13-5-3-2-4-6-13)11-20-18(23)16-8-7-15(22)10-17(16)19/h2-8,10,12,14,21-22H,9,11H2,1H3,(H,20,23)/t12-,14-/m0/s1. The highest BCUT2D eigenvalue weighted by atomic mass is 19.1. The second-order valence-corrected chi connectivity index (χ2v) is 5.57. The van der Waals surface area contributed by atoms with E-state index in [9.17, 15) is 19.4 Å². The zero-order valence-electron chi connectivity index (χ0n) is 12.9. The van der Waals surface area contributed by atoms with E-state index in [1.807, 2.05) is 30.3 Å². The van der Waals surface area contributed by atoms with Crippen LogP contribution in [-0.2, 0) is 0 Å². The number of benzene rings is 2. The Hall–Kier alpha value is -2.40. The molecule has 2 atom stereocenters. The lowest BCUT2D eigenvalue weighted by molar-refractivity contribution is 0.0941. The summed E-state index contributed by atoms with van der Waals surface area (Å²) < 4.78 is 13.7. The minimum atomic E-state index is -0.769. The third-order valence-corrected chi connectivity index (χ3v) is 3.60. The van der Waals surface area contributed by atoms with Crippen LogP contribution in [0.25, 0.3) is 0 Å². The number of rotatable bonds is 6. The molecule has 0 aliphatic carbocycles. The maximum atomic E-state index is 13.7. The van der Waals surface area contributed by atoms with Crippen LogP contribution >= 0.6 is 0 Å². The Kier molecular flexibility index (Phi) is 5.71. The second-order valence-electron chi connectivity index (χ2n) is 5.57. The highest BCUT2D eigenvalue weighted by Crippen LogP contribution is 2.21. The quantitative estimate of drug-likeness (QED) is 0.767. The van der Waals surface area contributed by atoms with E-state index < -0.39 is 17.8 Å². The Labute approximate surface area is 134 Å². The maximum Gasteiger partial charge on any atom is 0.254 e. The van der Waals surface area contributed by atoms with E-state index in [-0.39, 0.29) is 23.8 Å². The van der Waals surface area contributed by atoms with E-state index in [0.29, 0.717) is 6.42 Å². The largest absolute Gasteiger partial charge is 0.508 e. The number of phenolic OH excluding ortho intramolecular Hbond substituents is 1. The van der Waals surface area contributed by atoms with Gasteiger partial charge in [0.05, 0.1) is 11.7 Å². The molecule has 2 rings (SSSR count). The normalized spacial score (nSPS) is 13.3. The zero-order chi connectivity index (χ0) is 16.8. The first-order valence-corrected chi connectivity index (χ1v) is 7.47. The summed E-state index contributed by atoms with van der Waals surface area (Å²) in [5.74, 6) is -1.61. The number of carbonyl (C=O) groups excluding carboxylic acids is 1. The first kappa shape index (κ1) is 17.0. The van der Waals surface area contributed by atoms with Crippen LogP contribution in [0.15, 0.2) is 48.5 Å². The van der Waals surface area contributed by atoms with E-state index in [1.165, 1.54) is 12.1 Å². The molecule has 1 amide bonds. The summed E-state index contributed by atoms with van der Waals surface area (Å²) in [5.41, 5.74) is 0.881. The van der Waals surface area contributed by atoms with Gasteiger partial charge in [0.1, 0.15) is 11.6 Å². The number of nitrogens with one attached hydrogen (secondary N) is 1. The summed E-state index contributed by atoms with van der Waals surface area (Å²) in [5, 5.41) is 21.5. The van der Waals surface area contributed by atoms with Gasteiger partial charge >= 0.3 is 0 Å². The van der Waals surface area contributed by atoms with Crippen molar-refractivity contribution in [2.24, 2.45) is 0 Å². The molecule has 122 valence electrons. The first-order valence-electron chi connectivity index (χ1n) is 7.47. The van der Waals surface area contributed by atoms with Crippen LogP contribution in [-0.4, -0.2) is 28.8 Å². The molecular formula is C18H20FNO3. The molecule has 0 bridgehead atoms. The number of halogens is 1. The number of aliphatic hydroxyl groups is 1. The summed E-state index contributed by atoms with van der Waals surface area (Å²) in [6, 6.07) is 13.0. The molecule has 4 nitrogen and oxygen atoms in total. The molecule has 0 aliphatic rings. The highest BCUT2D eigenvalue weighted by Gasteiger charge is 2.17. The molecule has 0 saturated heterocycles.